The molecule has 0 bridgehead atoms. The monoisotopic (exact) mass is 204 g/mol. The first-order chi connectivity index (χ1) is 7.10. The second-order valence-electron chi connectivity index (χ2n) is 3.72. The quantitative estimate of drug-likeness (QED) is 0.376. The standard InChI is InChI=1S/C14H22N/c1-6-8-14(4)10-12-15(5)11-9-13(3)7-2/h9-11H,7,12H2,1-5H3/q+1. The molecule has 0 aliphatic heterocycles. The average molecular weight is 204 g/mol. The summed E-state index contributed by atoms with van der Waals surface area (Å²) >= 11 is 0. The number of hydrogen-bond acceptors (Lipinski definition) is 0. The van der Waals surface area contributed by atoms with Crippen LogP contribution in [0, 0.1) is 11.8 Å². The zero-order valence-corrected chi connectivity index (χ0v) is 10.6. The highest BCUT2D eigenvalue weighted by Crippen LogP contribution is 1.95. The molecular formula is C14H22N+. The molecule has 0 amide bonds. The van der Waals surface area contributed by atoms with Crippen molar-refractivity contribution in [2.75, 3.05) is 13.6 Å². The van der Waals surface area contributed by atoms with Gasteiger partial charge in [-0.3, -0.25) is 0 Å². The van der Waals surface area contributed by atoms with E-state index in [-0.39, 0.29) is 0 Å². The molecule has 15 heavy (non-hydrogen) atoms. The van der Waals surface area contributed by atoms with Gasteiger partial charge in [0.2, 0.25) is 0 Å². The average Bonchev–Trinajstić information content (AvgIpc) is 2.23. The normalized spacial score (nSPS) is 13.5. The Morgan fingerprint density at radius 3 is 2.53 bits per heavy atom. The number of allylic oxidation sites excluding steroid dienone is 3. The summed E-state index contributed by atoms with van der Waals surface area (Å²) in [6.45, 7) is 9.13. The Balaban J connectivity index is 4.29. The summed E-state index contributed by atoms with van der Waals surface area (Å²) in [7, 11) is 2.07. The molecule has 0 spiro atoms. The predicted molar refractivity (Wildman–Crippen MR) is 68.4 cm³/mol. The summed E-state index contributed by atoms with van der Waals surface area (Å²) in [5, 5.41) is 0. The van der Waals surface area contributed by atoms with Gasteiger partial charge in [0.05, 0.1) is 0 Å². The van der Waals surface area contributed by atoms with Gasteiger partial charge in [-0.1, -0.05) is 18.4 Å². The van der Waals surface area contributed by atoms with Crippen molar-refractivity contribution in [3.8, 4) is 11.8 Å². The van der Waals surface area contributed by atoms with Gasteiger partial charge in [-0.05, 0) is 33.3 Å². The van der Waals surface area contributed by atoms with Gasteiger partial charge in [0.15, 0.2) is 12.8 Å². The molecule has 0 aromatic heterocycles. The lowest BCUT2D eigenvalue weighted by molar-refractivity contribution is -0.480. The molecule has 0 heterocycles. The number of hydrogen-bond donors (Lipinski definition) is 0. The largest absolute Gasteiger partial charge is 0.235 e. The summed E-state index contributed by atoms with van der Waals surface area (Å²) in [6.07, 6.45) is 7.53. The van der Waals surface area contributed by atoms with E-state index in [4.69, 9.17) is 0 Å². The van der Waals surface area contributed by atoms with Crippen molar-refractivity contribution < 1.29 is 4.58 Å². The second kappa shape index (κ2) is 8.05. The van der Waals surface area contributed by atoms with Crippen LogP contribution in [0.1, 0.15) is 34.1 Å². The van der Waals surface area contributed by atoms with Crippen molar-refractivity contribution in [1.82, 2.24) is 0 Å². The van der Waals surface area contributed by atoms with Gasteiger partial charge in [-0.25, -0.2) is 4.58 Å². The fourth-order valence-corrected chi connectivity index (χ4v) is 0.962. The topological polar surface area (TPSA) is 3.01 Å². The van der Waals surface area contributed by atoms with Crippen LogP contribution in [-0.4, -0.2) is 24.4 Å². The third-order valence-corrected chi connectivity index (χ3v) is 2.18. The summed E-state index contributed by atoms with van der Waals surface area (Å²) in [5.74, 6) is 5.92. The van der Waals surface area contributed by atoms with E-state index < -0.39 is 0 Å². The van der Waals surface area contributed by atoms with Crippen LogP contribution in [0.5, 0.6) is 0 Å². The maximum absolute atomic E-state index is 3.03. The van der Waals surface area contributed by atoms with Crippen molar-refractivity contribution in [2.45, 2.75) is 34.1 Å². The summed E-state index contributed by atoms with van der Waals surface area (Å²) in [4.78, 5) is 0. The highest BCUT2D eigenvalue weighted by molar-refractivity contribution is 5.67. The van der Waals surface area contributed by atoms with Crippen LogP contribution in [0.2, 0.25) is 0 Å². The van der Waals surface area contributed by atoms with Crippen LogP contribution >= 0.6 is 0 Å². The lowest BCUT2D eigenvalue weighted by atomic mass is 10.2. The van der Waals surface area contributed by atoms with E-state index in [9.17, 15) is 0 Å². The highest BCUT2D eigenvalue weighted by atomic mass is 14.9. The first-order valence-electron chi connectivity index (χ1n) is 5.40. The molecule has 0 aromatic carbocycles. The smallest absolute Gasteiger partial charge is 0.163 e. The van der Waals surface area contributed by atoms with Crippen molar-refractivity contribution in [1.29, 1.82) is 0 Å². The van der Waals surface area contributed by atoms with Crippen molar-refractivity contribution in [3.63, 3.8) is 0 Å². The van der Waals surface area contributed by atoms with Gasteiger partial charge in [-0.15, -0.1) is 5.92 Å². The van der Waals surface area contributed by atoms with Crippen LogP contribution in [0.25, 0.3) is 0 Å². The molecule has 0 saturated carbocycles. The fourth-order valence-electron chi connectivity index (χ4n) is 0.962. The van der Waals surface area contributed by atoms with E-state index in [1.165, 1.54) is 5.57 Å². The number of rotatable bonds is 4. The zero-order valence-electron chi connectivity index (χ0n) is 10.6. The van der Waals surface area contributed by atoms with Crippen LogP contribution in [0.3, 0.4) is 0 Å². The zero-order chi connectivity index (χ0) is 11.7. The van der Waals surface area contributed by atoms with E-state index in [2.05, 4.69) is 55.7 Å². The van der Waals surface area contributed by atoms with Crippen molar-refractivity contribution in [3.05, 3.63) is 23.3 Å². The molecule has 0 aliphatic carbocycles. The first kappa shape index (κ1) is 13.7. The molecule has 0 atom stereocenters. The molecule has 82 valence electrons. The highest BCUT2D eigenvalue weighted by Gasteiger charge is 1.91. The molecular weight excluding hydrogens is 182 g/mol. The minimum atomic E-state index is 0.911. The van der Waals surface area contributed by atoms with E-state index in [1.54, 1.807) is 0 Å². The van der Waals surface area contributed by atoms with Gasteiger partial charge < -0.3 is 0 Å². The van der Waals surface area contributed by atoms with Gasteiger partial charge in [0.1, 0.15) is 7.05 Å². The minimum Gasteiger partial charge on any atom is -0.235 e. The maximum Gasteiger partial charge on any atom is 0.163 e. The van der Waals surface area contributed by atoms with Crippen LogP contribution in [0.4, 0.5) is 0 Å². The number of nitrogens with zero attached hydrogens (tertiary/aromatic N) is 1. The van der Waals surface area contributed by atoms with Crippen molar-refractivity contribution >= 4 is 6.21 Å². The van der Waals surface area contributed by atoms with Gasteiger partial charge in [-0.2, -0.15) is 0 Å². The summed E-state index contributed by atoms with van der Waals surface area (Å²) in [5.41, 5.74) is 2.53. The van der Waals surface area contributed by atoms with Crippen LogP contribution < -0.4 is 0 Å². The van der Waals surface area contributed by atoms with Gasteiger partial charge in [0.25, 0.3) is 0 Å². The summed E-state index contributed by atoms with van der Waals surface area (Å²) < 4.78 is 2.15. The third kappa shape index (κ3) is 7.76. The van der Waals surface area contributed by atoms with E-state index in [1.807, 2.05) is 13.8 Å². The molecule has 0 aromatic rings. The van der Waals surface area contributed by atoms with E-state index in [0.717, 1.165) is 18.5 Å². The van der Waals surface area contributed by atoms with Crippen LogP contribution in [0.15, 0.2) is 23.3 Å². The summed E-state index contributed by atoms with van der Waals surface area (Å²) in [6, 6.07) is 0. The Labute approximate surface area is 94.2 Å². The molecule has 0 rings (SSSR count). The molecule has 0 radical (unpaired) electrons. The van der Waals surface area contributed by atoms with Gasteiger partial charge in [0, 0.05) is 11.6 Å². The lowest BCUT2D eigenvalue weighted by Gasteiger charge is -1.92. The van der Waals surface area contributed by atoms with E-state index in [0.29, 0.717) is 0 Å². The Morgan fingerprint density at radius 1 is 1.33 bits per heavy atom. The Hall–Kier alpha value is -1.29. The lowest BCUT2D eigenvalue weighted by Crippen LogP contribution is -2.06. The van der Waals surface area contributed by atoms with Crippen LogP contribution in [-0.2, 0) is 0 Å². The molecule has 0 aliphatic rings. The molecule has 0 fully saturated rings. The third-order valence-electron chi connectivity index (χ3n) is 2.18. The Kier molecular flexibility index (Phi) is 7.36. The maximum atomic E-state index is 3.03. The first-order valence-corrected chi connectivity index (χ1v) is 5.40. The molecule has 0 saturated heterocycles. The molecule has 1 nitrogen and oxygen atoms in total. The molecule has 1 heteroatoms. The van der Waals surface area contributed by atoms with Crippen molar-refractivity contribution in [2.24, 2.45) is 0 Å². The molecule has 0 N–H and O–H groups in total. The SMILES string of the molecule is CC#CC(C)=CC[N+](C)=CC=C(C)CC. The van der Waals surface area contributed by atoms with Gasteiger partial charge >= 0.3 is 0 Å². The fraction of sp³-hybridized carbons (Fsp3) is 0.500. The Bertz CT molecular complexity index is 332. The Morgan fingerprint density at radius 2 is 2.00 bits per heavy atom. The molecule has 0 unspecified atom stereocenters. The predicted octanol–water partition coefficient (Wildman–Crippen LogP) is 3.03. The minimum absolute atomic E-state index is 0.911. The second-order valence-corrected chi connectivity index (χ2v) is 3.72. The number of likely N-dealkylation sites (N-methyl/N-ethyl adjacent to an activating group) is 1. The van der Waals surface area contributed by atoms with E-state index >= 15 is 0 Å².